The minimum absolute atomic E-state index is 0.00380. The first-order valence-corrected chi connectivity index (χ1v) is 9.85. The van der Waals surface area contributed by atoms with Gasteiger partial charge in [-0.2, -0.15) is 0 Å². The van der Waals surface area contributed by atoms with Gasteiger partial charge in [0.15, 0.2) is 11.5 Å². The summed E-state index contributed by atoms with van der Waals surface area (Å²) in [6.45, 7) is 6.10. The van der Waals surface area contributed by atoms with Gasteiger partial charge in [-0.25, -0.2) is 0 Å². The molecule has 1 aliphatic rings. The Bertz CT molecular complexity index is 916. The molecule has 2 amide bonds. The molecule has 0 radical (unpaired) electrons. The van der Waals surface area contributed by atoms with Crippen LogP contribution in [0.1, 0.15) is 15.9 Å². The van der Waals surface area contributed by atoms with E-state index in [9.17, 15) is 9.59 Å². The van der Waals surface area contributed by atoms with Gasteiger partial charge in [-0.3, -0.25) is 9.59 Å². The number of hydrogen-bond acceptors (Lipinski definition) is 4. The number of ether oxygens (including phenoxy) is 2. The first kappa shape index (κ1) is 21.2. The second-order valence-corrected chi connectivity index (χ2v) is 6.83. The van der Waals surface area contributed by atoms with Gasteiger partial charge in [-0.15, -0.1) is 0 Å². The molecule has 30 heavy (non-hydrogen) atoms. The fraction of sp³-hybridized carbons (Fsp3) is 0.250. The van der Waals surface area contributed by atoms with Crippen molar-refractivity contribution in [1.82, 2.24) is 9.80 Å². The standard InChI is InChI=1S/C24H26N2O4/c1-3-17-30-21-11-9-19(18-22(21)29-2)10-12-23(27)25-13-15-26(16-14-25)24(28)20-7-5-4-6-8-20/h3-12,18H,1,13-17H2,2H3/b12-10+. The summed E-state index contributed by atoms with van der Waals surface area (Å²) >= 11 is 0. The summed E-state index contributed by atoms with van der Waals surface area (Å²) in [5.74, 6) is 1.15. The van der Waals surface area contributed by atoms with Crippen molar-refractivity contribution < 1.29 is 19.1 Å². The Morgan fingerprint density at radius 2 is 1.70 bits per heavy atom. The minimum atomic E-state index is -0.0761. The Hall–Kier alpha value is -3.54. The second-order valence-electron chi connectivity index (χ2n) is 6.83. The van der Waals surface area contributed by atoms with Gasteiger partial charge in [0, 0.05) is 37.8 Å². The average Bonchev–Trinajstić information content (AvgIpc) is 2.81. The maximum absolute atomic E-state index is 12.5. The molecule has 0 spiro atoms. The summed E-state index contributed by atoms with van der Waals surface area (Å²) < 4.78 is 10.9. The summed E-state index contributed by atoms with van der Waals surface area (Å²) in [7, 11) is 1.57. The number of piperazine rings is 1. The highest BCUT2D eigenvalue weighted by molar-refractivity contribution is 5.95. The lowest BCUT2D eigenvalue weighted by atomic mass is 10.1. The van der Waals surface area contributed by atoms with E-state index in [-0.39, 0.29) is 11.8 Å². The molecule has 1 fully saturated rings. The van der Waals surface area contributed by atoms with Crippen molar-refractivity contribution >= 4 is 17.9 Å². The van der Waals surface area contributed by atoms with E-state index < -0.39 is 0 Å². The van der Waals surface area contributed by atoms with E-state index in [4.69, 9.17) is 9.47 Å². The molecule has 156 valence electrons. The fourth-order valence-corrected chi connectivity index (χ4v) is 3.22. The van der Waals surface area contributed by atoms with E-state index in [2.05, 4.69) is 6.58 Å². The molecule has 1 heterocycles. The third kappa shape index (κ3) is 5.29. The van der Waals surface area contributed by atoms with Crippen molar-refractivity contribution in [3.05, 3.63) is 78.4 Å². The third-order valence-electron chi connectivity index (χ3n) is 4.86. The van der Waals surface area contributed by atoms with Crippen LogP contribution >= 0.6 is 0 Å². The lowest BCUT2D eigenvalue weighted by Gasteiger charge is -2.34. The number of benzene rings is 2. The molecule has 2 aromatic carbocycles. The van der Waals surface area contributed by atoms with Crippen LogP contribution in [-0.4, -0.2) is 61.5 Å². The molecule has 6 nitrogen and oxygen atoms in total. The smallest absolute Gasteiger partial charge is 0.253 e. The number of carbonyl (C=O) groups excluding carboxylic acids is 2. The molecule has 1 saturated heterocycles. The van der Waals surface area contributed by atoms with Crippen molar-refractivity contribution in [2.45, 2.75) is 0 Å². The van der Waals surface area contributed by atoms with Gasteiger partial charge < -0.3 is 19.3 Å². The molecule has 0 bridgehead atoms. The van der Waals surface area contributed by atoms with Crippen LogP contribution < -0.4 is 9.47 Å². The molecular formula is C24H26N2O4. The fourth-order valence-electron chi connectivity index (χ4n) is 3.22. The van der Waals surface area contributed by atoms with Crippen LogP contribution in [0.4, 0.5) is 0 Å². The molecule has 0 aliphatic carbocycles. The zero-order valence-corrected chi connectivity index (χ0v) is 17.1. The normalized spacial score (nSPS) is 13.9. The van der Waals surface area contributed by atoms with Crippen molar-refractivity contribution in [3.63, 3.8) is 0 Å². The lowest BCUT2D eigenvalue weighted by molar-refractivity contribution is -0.127. The zero-order chi connectivity index (χ0) is 21.3. The maximum Gasteiger partial charge on any atom is 0.253 e. The van der Waals surface area contributed by atoms with Crippen LogP contribution in [0.15, 0.2) is 67.3 Å². The van der Waals surface area contributed by atoms with Gasteiger partial charge in [-0.05, 0) is 35.9 Å². The molecule has 0 saturated carbocycles. The Balaban J connectivity index is 1.56. The van der Waals surface area contributed by atoms with Crippen LogP contribution in [0.5, 0.6) is 11.5 Å². The molecule has 3 rings (SSSR count). The summed E-state index contributed by atoms with van der Waals surface area (Å²) in [6.07, 6.45) is 4.97. The predicted octanol–water partition coefficient (Wildman–Crippen LogP) is 3.26. The van der Waals surface area contributed by atoms with Crippen molar-refractivity contribution in [3.8, 4) is 11.5 Å². The molecule has 2 aromatic rings. The average molecular weight is 406 g/mol. The first-order valence-electron chi connectivity index (χ1n) is 9.85. The van der Waals surface area contributed by atoms with Crippen LogP contribution in [-0.2, 0) is 4.79 Å². The summed E-state index contributed by atoms with van der Waals surface area (Å²) in [5.41, 5.74) is 1.51. The number of rotatable bonds is 7. The van der Waals surface area contributed by atoms with Gasteiger partial charge in [0.2, 0.25) is 5.91 Å². The molecule has 0 atom stereocenters. The summed E-state index contributed by atoms with van der Waals surface area (Å²) in [4.78, 5) is 28.6. The quantitative estimate of drug-likeness (QED) is 0.523. The molecule has 6 heteroatoms. The predicted molar refractivity (Wildman–Crippen MR) is 117 cm³/mol. The van der Waals surface area contributed by atoms with E-state index in [0.717, 1.165) is 5.56 Å². The van der Waals surface area contributed by atoms with Gasteiger partial charge in [0.1, 0.15) is 6.61 Å². The Kier molecular flexibility index (Phi) is 7.27. The highest BCUT2D eigenvalue weighted by atomic mass is 16.5. The molecule has 0 unspecified atom stereocenters. The summed E-state index contributed by atoms with van der Waals surface area (Å²) in [6, 6.07) is 14.7. The minimum Gasteiger partial charge on any atom is -0.493 e. The number of amides is 2. The second kappa shape index (κ2) is 10.3. The van der Waals surface area contributed by atoms with Crippen LogP contribution in [0.25, 0.3) is 6.08 Å². The Labute approximate surface area is 177 Å². The van der Waals surface area contributed by atoms with E-state index in [0.29, 0.717) is 49.8 Å². The van der Waals surface area contributed by atoms with Gasteiger partial charge >= 0.3 is 0 Å². The number of hydrogen-bond donors (Lipinski definition) is 0. The number of carbonyl (C=O) groups is 2. The van der Waals surface area contributed by atoms with E-state index in [1.807, 2.05) is 42.5 Å². The van der Waals surface area contributed by atoms with Crippen LogP contribution in [0, 0.1) is 0 Å². The first-order chi connectivity index (χ1) is 14.6. The van der Waals surface area contributed by atoms with E-state index >= 15 is 0 Å². The number of nitrogens with zero attached hydrogens (tertiary/aromatic N) is 2. The van der Waals surface area contributed by atoms with Gasteiger partial charge in [0.05, 0.1) is 7.11 Å². The monoisotopic (exact) mass is 406 g/mol. The van der Waals surface area contributed by atoms with E-state index in [1.54, 1.807) is 41.2 Å². The molecular weight excluding hydrogens is 380 g/mol. The largest absolute Gasteiger partial charge is 0.493 e. The van der Waals surface area contributed by atoms with Crippen molar-refractivity contribution in [2.24, 2.45) is 0 Å². The number of methoxy groups -OCH3 is 1. The summed E-state index contributed by atoms with van der Waals surface area (Å²) in [5, 5.41) is 0. The zero-order valence-electron chi connectivity index (χ0n) is 17.1. The van der Waals surface area contributed by atoms with Gasteiger partial charge in [-0.1, -0.05) is 36.9 Å². The Morgan fingerprint density at radius 1 is 1.00 bits per heavy atom. The Morgan fingerprint density at radius 3 is 2.37 bits per heavy atom. The van der Waals surface area contributed by atoms with Gasteiger partial charge in [0.25, 0.3) is 5.91 Å². The highest BCUT2D eigenvalue weighted by Crippen LogP contribution is 2.28. The molecule has 0 aromatic heterocycles. The van der Waals surface area contributed by atoms with Crippen LogP contribution in [0.3, 0.4) is 0 Å². The lowest BCUT2D eigenvalue weighted by Crippen LogP contribution is -2.50. The van der Waals surface area contributed by atoms with Crippen LogP contribution in [0.2, 0.25) is 0 Å². The van der Waals surface area contributed by atoms with Crippen molar-refractivity contribution in [1.29, 1.82) is 0 Å². The SMILES string of the molecule is C=CCOc1ccc(/C=C/C(=O)N2CCN(C(=O)c3ccccc3)CC2)cc1OC. The highest BCUT2D eigenvalue weighted by Gasteiger charge is 2.23. The molecule has 1 aliphatic heterocycles. The topological polar surface area (TPSA) is 59.1 Å². The van der Waals surface area contributed by atoms with Crippen molar-refractivity contribution in [2.75, 3.05) is 39.9 Å². The van der Waals surface area contributed by atoms with E-state index in [1.165, 1.54) is 0 Å². The maximum atomic E-state index is 12.5. The third-order valence-corrected chi connectivity index (χ3v) is 4.86. The molecule has 0 N–H and O–H groups in total.